The molecular weight excluding hydrogens is 332 g/mol. The third-order valence-electron chi connectivity index (χ3n) is 3.30. The zero-order valence-electron chi connectivity index (χ0n) is 13.1. The molecule has 6 nitrogen and oxygen atoms in total. The van der Waals surface area contributed by atoms with E-state index in [2.05, 4.69) is 0 Å². The van der Waals surface area contributed by atoms with Crippen molar-refractivity contribution in [3.8, 4) is 0 Å². The SMILES string of the molecule is CCCN(C(=O)OCc1ccccc1)c1c(Cl)cccc1[N+](=O)[O-]. The van der Waals surface area contributed by atoms with Crippen LogP contribution in [0.15, 0.2) is 48.5 Å². The number of hydrogen-bond acceptors (Lipinski definition) is 4. The predicted molar refractivity (Wildman–Crippen MR) is 92.4 cm³/mol. The molecular formula is C17H17ClN2O4. The van der Waals surface area contributed by atoms with Crippen molar-refractivity contribution in [3.63, 3.8) is 0 Å². The summed E-state index contributed by atoms with van der Waals surface area (Å²) in [6.07, 6.45) is -0.0695. The number of carbonyl (C=O) groups is 1. The van der Waals surface area contributed by atoms with E-state index in [0.29, 0.717) is 6.42 Å². The molecule has 24 heavy (non-hydrogen) atoms. The monoisotopic (exact) mass is 348 g/mol. The van der Waals surface area contributed by atoms with Gasteiger partial charge in [-0.15, -0.1) is 0 Å². The van der Waals surface area contributed by atoms with Crippen molar-refractivity contribution >= 4 is 29.1 Å². The van der Waals surface area contributed by atoms with Gasteiger partial charge in [-0.2, -0.15) is 0 Å². The largest absolute Gasteiger partial charge is 0.444 e. The van der Waals surface area contributed by atoms with Crippen molar-refractivity contribution in [2.45, 2.75) is 20.0 Å². The van der Waals surface area contributed by atoms with Gasteiger partial charge in [-0.3, -0.25) is 15.0 Å². The van der Waals surface area contributed by atoms with E-state index in [1.54, 1.807) is 0 Å². The summed E-state index contributed by atoms with van der Waals surface area (Å²) in [6, 6.07) is 13.5. The Hall–Kier alpha value is -2.60. The maximum atomic E-state index is 12.5. The van der Waals surface area contributed by atoms with E-state index < -0.39 is 11.0 Å². The van der Waals surface area contributed by atoms with Crippen molar-refractivity contribution in [1.29, 1.82) is 0 Å². The van der Waals surface area contributed by atoms with Crippen molar-refractivity contribution in [3.05, 3.63) is 69.2 Å². The molecule has 0 heterocycles. The lowest BCUT2D eigenvalue weighted by atomic mass is 10.2. The highest BCUT2D eigenvalue weighted by Crippen LogP contribution is 2.36. The van der Waals surface area contributed by atoms with E-state index in [4.69, 9.17) is 16.3 Å². The summed E-state index contributed by atoms with van der Waals surface area (Å²) in [5.41, 5.74) is 0.660. The number of rotatable bonds is 6. The average Bonchev–Trinajstić information content (AvgIpc) is 2.58. The fourth-order valence-corrected chi connectivity index (χ4v) is 2.51. The lowest BCUT2D eigenvalue weighted by Gasteiger charge is -2.22. The minimum absolute atomic E-state index is 0.0593. The first-order valence-corrected chi connectivity index (χ1v) is 7.83. The van der Waals surface area contributed by atoms with Gasteiger partial charge < -0.3 is 4.74 Å². The van der Waals surface area contributed by atoms with Crippen LogP contribution in [0.3, 0.4) is 0 Å². The molecule has 0 aliphatic heterocycles. The second-order valence-corrected chi connectivity index (χ2v) is 5.46. The van der Waals surface area contributed by atoms with Crippen molar-refractivity contribution in [2.75, 3.05) is 11.4 Å². The third kappa shape index (κ3) is 4.23. The zero-order valence-corrected chi connectivity index (χ0v) is 13.9. The van der Waals surface area contributed by atoms with Gasteiger partial charge in [0.05, 0.1) is 9.95 Å². The predicted octanol–water partition coefficient (Wildman–Crippen LogP) is 4.80. The molecule has 0 unspecified atom stereocenters. The molecule has 1 amide bonds. The molecule has 0 spiro atoms. The number of nitro groups is 1. The number of nitrogens with zero attached hydrogens (tertiary/aromatic N) is 2. The van der Waals surface area contributed by atoms with Gasteiger partial charge in [-0.05, 0) is 18.1 Å². The third-order valence-corrected chi connectivity index (χ3v) is 3.61. The smallest absolute Gasteiger partial charge is 0.414 e. The van der Waals surface area contributed by atoms with E-state index in [0.717, 1.165) is 5.56 Å². The number of benzene rings is 2. The zero-order chi connectivity index (χ0) is 17.5. The minimum atomic E-state index is -0.670. The molecule has 0 saturated heterocycles. The molecule has 7 heteroatoms. The molecule has 126 valence electrons. The standard InChI is InChI=1S/C17H17ClN2O4/c1-2-11-19(16-14(18)9-6-10-15(16)20(22)23)17(21)24-12-13-7-4-3-5-8-13/h3-10H,2,11-12H2,1H3. The molecule has 0 bridgehead atoms. The quantitative estimate of drug-likeness (QED) is 0.555. The maximum absolute atomic E-state index is 12.5. The Morgan fingerprint density at radius 2 is 1.92 bits per heavy atom. The lowest BCUT2D eigenvalue weighted by Crippen LogP contribution is -2.33. The summed E-state index contributed by atoms with van der Waals surface area (Å²) in [4.78, 5) is 24.4. The Bertz CT molecular complexity index is 722. The summed E-state index contributed by atoms with van der Waals surface area (Å²) in [5, 5.41) is 11.4. The molecule has 0 N–H and O–H groups in total. The molecule has 0 radical (unpaired) electrons. The van der Waals surface area contributed by atoms with Crippen LogP contribution >= 0.6 is 11.6 Å². The normalized spacial score (nSPS) is 10.2. The molecule has 2 aromatic carbocycles. The van der Waals surface area contributed by atoms with Gasteiger partial charge in [0, 0.05) is 12.6 Å². The molecule has 0 aliphatic rings. The maximum Gasteiger partial charge on any atom is 0.414 e. The minimum Gasteiger partial charge on any atom is -0.444 e. The average molecular weight is 349 g/mol. The lowest BCUT2D eigenvalue weighted by molar-refractivity contribution is -0.384. The van der Waals surface area contributed by atoms with Crippen molar-refractivity contribution in [2.24, 2.45) is 0 Å². The van der Waals surface area contributed by atoms with E-state index in [-0.39, 0.29) is 29.5 Å². The first kappa shape index (κ1) is 17.7. The Kier molecular flexibility index (Phi) is 6.14. The number of halogens is 1. The highest BCUT2D eigenvalue weighted by atomic mass is 35.5. The molecule has 2 aromatic rings. The fraction of sp³-hybridized carbons (Fsp3) is 0.235. The topological polar surface area (TPSA) is 72.7 Å². The second-order valence-electron chi connectivity index (χ2n) is 5.06. The molecule has 2 rings (SSSR count). The van der Waals surface area contributed by atoms with Crippen LogP contribution in [0, 0.1) is 10.1 Å². The highest BCUT2D eigenvalue weighted by molar-refractivity contribution is 6.34. The van der Waals surface area contributed by atoms with Crippen molar-refractivity contribution < 1.29 is 14.5 Å². The fourth-order valence-electron chi connectivity index (χ4n) is 2.23. The van der Waals surface area contributed by atoms with Crippen LogP contribution in [-0.4, -0.2) is 17.6 Å². The summed E-state index contributed by atoms with van der Waals surface area (Å²) < 4.78 is 5.29. The van der Waals surface area contributed by atoms with Crippen LogP contribution in [0.4, 0.5) is 16.2 Å². The number of amides is 1. The van der Waals surface area contributed by atoms with E-state index in [9.17, 15) is 14.9 Å². The molecule has 0 saturated carbocycles. The summed E-state index contributed by atoms with van der Waals surface area (Å²) >= 11 is 6.11. The highest BCUT2D eigenvalue weighted by Gasteiger charge is 2.27. The number of para-hydroxylation sites is 1. The summed E-state index contributed by atoms with van der Waals surface area (Å²) in [7, 11) is 0. The van der Waals surface area contributed by atoms with Gasteiger partial charge in [0.15, 0.2) is 0 Å². The van der Waals surface area contributed by atoms with Crippen LogP contribution in [0.2, 0.25) is 5.02 Å². The van der Waals surface area contributed by atoms with Crippen LogP contribution in [0.1, 0.15) is 18.9 Å². The van der Waals surface area contributed by atoms with Gasteiger partial charge in [0.25, 0.3) is 5.69 Å². The Balaban J connectivity index is 2.26. The Labute approximate surface area is 144 Å². The summed E-state index contributed by atoms with van der Waals surface area (Å²) in [5.74, 6) is 0. The molecule has 0 atom stereocenters. The van der Waals surface area contributed by atoms with Crippen LogP contribution in [-0.2, 0) is 11.3 Å². The van der Waals surface area contributed by atoms with E-state index in [1.807, 2.05) is 37.3 Å². The molecule has 0 fully saturated rings. The van der Waals surface area contributed by atoms with Gasteiger partial charge in [-0.1, -0.05) is 54.9 Å². The van der Waals surface area contributed by atoms with Gasteiger partial charge in [0.2, 0.25) is 0 Å². The number of anilines is 1. The number of ether oxygens (including phenoxy) is 1. The molecule has 0 aromatic heterocycles. The van der Waals surface area contributed by atoms with E-state index >= 15 is 0 Å². The number of nitro benzene ring substituents is 1. The van der Waals surface area contributed by atoms with Crippen LogP contribution < -0.4 is 4.90 Å². The second kappa shape index (κ2) is 8.31. The van der Waals surface area contributed by atoms with Gasteiger partial charge >= 0.3 is 6.09 Å². The number of carbonyl (C=O) groups excluding carboxylic acids is 1. The van der Waals surface area contributed by atoms with E-state index in [1.165, 1.54) is 23.1 Å². The first-order valence-electron chi connectivity index (χ1n) is 7.45. The Morgan fingerprint density at radius 3 is 2.54 bits per heavy atom. The summed E-state index contributed by atoms with van der Waals surface area (Å²) in [6.45, 7) is 2.20. The first-order chi connectivity index (χ1) is 11.5. The van der Waals surface area contributed by atoms with Crippen LogP contribution in [0.5, 0.6) is 0 Å². The Morgan fingerprint density at radius 1 is 1.21 bits per heavy atom. The number of hydrogen-bond donors (Lipinski definition) is 0. The molecule has 0 aliphatic carbocycles. The van der Waals surface area contributed by atoms with Crippen LogP contribution in [0.25, 0.3) is 0 Å². The van der Waals surface area contributed by atoms with Gasteiger partial charge in [-0.25, -0.2) is 4.79 Å². The van der Waals surface area contributed by atoms with Crippen molar-refractivity contribution in [1.82, 2.24) is 0 Å². The van der Waals surface area contributed by atoms with Gasteiger partial charge in [0.1, 0.15) is 12.3 Å².